The molecule has 1 atom stereocenters. The van der Waals surface area contributed by atoms with Crippen molar-refractivity contribution >= 4 is 11.6 Å². The molecule has 2 heteroatoms. The van der Waals surface area contributed by atoms with Crippen molar-refractivity contribution in [2.75, 3.05) is 0 Å². The minimum Gasteiger partial charge on any atom is -0.294 e. The molecule has 116 valence electrons. The molecule has 0 aliphatic rings. The Hall–Kier alpha value is -1.44. The van der Waals surface area contributed by atoms with Crippen LogP contribution in [0.2, 0.25) is 0 Å². The molecule has 0 radical (unpaired) electrons. The summed E-state index contributed by atoms with van der Waals surface area (Å²) in [7, 11) is 0. The largest absolute Gasteiger partial charge is 0.294 e. The van der Waals surface area contributed by atoms with E-state index in [2.05, 4.69) is 6.92 Å². The number of ketones is 2. The molecule has 0 aromatic heterocycles. The molecule has 0 aliphatic heterocycles. The minimum atomic E-state index is -0.0101. The fourth-order valence-corrected chi connectivity index (χ4v) is 2.43. The number of unbranched alkanes of at least 4 members (excludes halogenated alkanes) is 3. The summed E-state index contributed by atoms with van der Waals surface area (Å²) in [5.74, 6) is 0.370. The van der Waals surface area contributed by atoms with Crippen LogP contribution in [-0.4, -0.2) is 11.6 Å². The van der Waals surface area contributed by atoms with Crippen molar-refractivity contribution in [1.82, 2.24) is 0 Å². The van der Waals surface area contributed by atoms with Crippen molar-refractivity contribution in [3.8, 4) is 0 Å². The number of carbonyl (C=O) groups is 2. The van der Waals surface area contributed by atoms with E-state index in [-0.39, 0.29) is 23.4 Å². The highest BCUT2D eigenvalue weighted by atomic mass is 16.1. The summed E-state index contributed by atoms with van der Waals surface area (Å²) in [6, 6.07) is 7.14. The van der Waals surface area contributed by atoms with Crippen LogP contribution in [0.4, 0.5) is 0 Å². The smallest absolute Gasteiger partial charge is 0.165 e. The van der Waals surface area contributed by atoms with Crippen LogP contribution in [0.3, 0.4) is 0 Å². The molecule has 1 rings (SSSR count). The number of benzene rings is 1. The van der Waals surface area contributed by atoms with E-state index in [1.54, 1.807) is 24.3 Å². The molecule has 21 heavy (non-hydrogen) atoms. The Kier molecular flexibility index (Phi) is 7.35. The normalized spacial score (nSPS) is 12.4. The molecule has 0 aliphatic carbocycles. The monoisotopic (exact) mass is 288 g/mol. The van der Waals surface area contributed by atoms with Gasteiger partial charge in [-0.05, 0) is 6.42 Å². The number of hydrogen-bond acceptors (Lipinski definition) is 2. The molecule has 0 bridgehead atoms. The summed E-state index contributed by atoms with van der Waals surface area (Å²) in [4.78, 5) is 24.2. The van der Waals surface area contributed by atoms with Crippen molar-refractivity contribution < 1.29 is 9.59 Å². The first-order valence-electron chi connectivity index (χ1n) is 8.15. The Labute approximate surface area is 128 Å². The second kappa shape index (κ2) is 8.76. The zero-order valence-corrected chi connectivity index (χ0v) is 13.8. The van der Waals surface area contributed by atoms with Crippen molar-refractivity contribution in [2.45, 2.75) is 59.8 Å². The van der Waals surface area contributed by atoms with Gasteiger partial charge < -0.3 is 0 Å². The van der Waals surface area contributed by atoms with Gasteiger partial charge >= 0.3 is 0 Å². The third-order valence-electron chi connectivity index (χ3n) is 3.92. The number of Topliss-reactive ketones (excluding diaryl/α,β-unsaturated/α-hetero) is 2. The first kappa shape index (κ1) is 17.6. The average molecular weight is 288 g/mol. The molecule has 1 unspecified atom stereocenters. The highest BCUT2D eigenvalue weighted by Gasteiger charge is 2.16. The molecule has 0 saturated carbocycles. The predicted molar refractivity (Wildman–Crippen MR) is 87.9 cm³/mol. The van der Waals surface area contributed by atoms with Gasteiger partial charge in [0, 0.05) is 23.0 Å². The van der Waals surface area contributed by atoms with Crippen molar-refractivity contribution in [2.24, 2.45) is 11.8 Å². The lowest BCUT2D eigenvalue weighted by Crippen LogP contribution is -2.12. The summed E-state index contributed by atoms with van der Waals surface area (Å²) in [6.07, 6.45) is 5.73. The maximum atomic E-state index is 12.3. The maximum absolute atomic E-state index is 12.3. The molecule has 0 fully saturated rings. The first-order chi connectivity index (χ1) is 9.97. The Morgan fingerprint density at radius 1 is 0.857 bits per heavy atom. The number of rotatable bonds is 9. The topological polar surface area (TPSA) is 34.1 Å². The fourth-order valence-electron chi connectivity index (χ4n) is 2.43. The average Bonchev–Trinajstić information content (AvgIpc) is 2.50. The van der Waals surface area contributed by atoms with E-state index in [9.17, 15) is 9.59 Å². The van der Waals surface area contributed by atoms with E-state index in [4.69, 9.17) is 0 Å². The van der Waals surface area contributed by atoms with Crippen LogP contribution in [0, 0.1) is 11.8 Å². The van der Waals surface area contributed by atoms with Gasteiger partial charge in [0.1, 0.15) is 0 Å². The van der Waals surface area contributed by atoms with E-state index in [0.29, 0.717) is 5.56 Å². The Balaban J connectivity index is 2.60. The standard InChI is InChI=1S/C19H28O2/c1-5-6-7-8-9-15(4)19(21)17-12-10-16(11-13-17)18(20)14(2)3/h10-15H,5-9H2,1-4H3. The van der Waals surface area contributed by atoms with Gasteiger partial charge in [0.2, 0.25) is 0 Å². The fraction of sp³-hybridized carbons (Fsp3) is 0.579. The summed E-state index contributed by atoms with van der Waals surface area (Å²) >= 11 is 0. The van der Waals surface area contributed by atoms with E-state index < -0.39 is 0 Å². The van der Waals surface area contributed by atoms with Gasteiger partial charge in [-0.3, -0.25) is 9.59 Å². The Morgan fingerprint density at radius 2 is 1.38 bits per heavy atom. The zero-order chi connectivity index (χ0) is 15.8. The van der Waals surface area contributed by atoms with E-state index in [0.717, 1.165) is 18.4 Å². The predicted octanol–water partition coefficient (Wildman–Crippen LogP) is 5.31. The third kappa shape index (κ3) is 5.45. The van der Waals surface area contributed by atoms with Gasteiger partial charge in [-0.1, -0.05) is 77.6 Å². The van der Waals surface area contributed by atoms with Crippen LogP contribution in [0.5, 0.6) is 0 Å². The molecule has 2 nitrogen and oxygen atoms in total. The van der Waals surface area contributed by atoms with Gasteiger partial charge in [-0.2, -0.15) is 0 Å². The van der Waals surface area contributed by atoms with Crippen LogP contribution < -0.4 is 0 Å². The molecular formula is C19H28O2. The lowest BCUT2D eigenvalue weighted by atomic mass is 9.92. The summed E-state index contributed by atoms with van der Waals surface area (Å²) in [5, 5.41) is 0. The van der Waals surface area contributed by atoms with Crippen LogP contribution in [-0.2, 0) is 0 Å². The maximum Gasteiger partial charge on any atom is 0.165 e. The van der Waals surface area contributed by atoms with E-state index >= 15 is 0 Å². The molecule has 1 aromatic carbocycles. The highest BCUT2D eigenvalue weighted by Crippen LogP contribution is 2.17. The number of carbonyl (C=O) groups excluding carboxylic acids is 2. The molecular weight excluding hydrogens is 260 g/mol. The molecule has 0 heterocycles. The summed E-state index contributed by atoms with van der Waals surface area (Å²) in [5.41, 5.74) is 1.41. The lowest BCUT2D eigenvalue weighted by molar-refractivity contribution is 0.0917. The van der Waals surface area contributed by atoms with Crippen LogP contribution in [0.1, 0.15) is 80.5 Å². The van der Waals surface area contributed by atoms with Crippen LogP contribution in [0.25, 0.3) is 0 Å². The molecule has 0 spiro atoms. The van der Waals surface area contributed by atoms with Crippen molar-refractivity contribution in [1.29, 1.82) is 0 Å². The SMILES string of the molecule is CCCCCCC(C)C(=O)c1ccc(C(=O)C(C)C)cc1. The quantitative estimate of drug-likeness (QED) is 0.455. The van der Waals surface area contributed by atoms with E-state index in [1.165, 1.54) is 19.3 Å². The highest BCUT2D eigenvalue weighted by molar-refractivity contribution is 6.00. The molecule has 0 saturated heterocycles. The number of hydrogen-bond donors (Lipinski definition) is 0. The Morgan fingerprint density at radius 3 is 1.86 bits per heavy atom. The lowest BCUT2D eigenvalue weighted by Gasteiger charge is -2.11. The summed E-state index contributed by atoms with van der Waals surface area (Å²) < 4.78 is 0. The molecule has 0 N–H and O–H groups in total. The van der Waals surface area contributed by atoms with Crippen LogP contribution >= 0.6 is 0 Å². The first-order valence-corrected chi connectivity index (χ1v) is 8.15. The molecule has 0 amide bonds. The zero-order valence-electron chi connectivity index (χ0n) is 13.8. The second-order valence-electron chi connectivity index (χ2n) is 6.21. The van der Waals surface area contributed by atoms with Crippen LogP contribution in [0.15, 0.2) is 24.3 Å². The van der Waals surface area contributed by atoms with Crippen molar-refractivity contribution in [3.63, 3.8) is 0 Å². The van der Waals surface area contributed by atoms with Gasteiger partial charge in [0.15, 0.2) is 11.6 Å². The van der Waals surface area contributed by atoms with Crippen molar-refractivity contribution in [3.05, 3.63) is 35.4 Å². The third-order valence-corrected chi connectivity index (χ3v) is 3.92. The second-order valence-corrected chi connectivity index (χ2v) is 6.21. The summed E-state index contributed by atoms with van der Waals surface area (Å²) in [6.45, 7) is 7.97. The van der Waals surface area contributed by atoms with E-state index in [1.807, 2.05) is 20.8 Å². The minimum absolute atomic E-state index is 0.0101. The van der Waals surface area contributed by atoms with Gasteiger partial charge in [-0.25, -0.2) is 0 Å². The molecule has 1 aromatic rings. The Bertz CT molecular complexity index is 457. The van der Waals surface area contributed by atoms with Gasteiger partial charge in [-0.15, -0.1) is 0 Å². The van der Waals surface area contributed by atoms with Gasteiger partial charge in [0.25, 0.3) is 0 Å². The van der Waals surface area contributed by atoms with Gasteiger partial charge in [0.05, 0.1) is 0 Å².